The van der Waals surface area contributed by atoms with Gasteiger partial charge in [0.2, 0.25) is 0 Å². The Balaban J connectivity index is 2.91. The molecule has 0 radical (unpaired) electrons. The minimum absolute atomic E-state index is 0.0150. The van der Waals surface area contributed by atoms with Crippen molar-refractivity contribution in [1.82, 2.24) is 5.32 Å². The number of hydrogen-bond acceptors (Lipinski definition) is 5. The maximum atomic E-state index is 11.9. The topological polar surface area (TPSA) is 118 Å². The van der Waals surface area contributed by atoms with Gasteiger partial charge in [0.05, 0.1) is 16.0 Å². The summed E-state index contributed by atoms with van der Waals surface area (Å²) in [5.41, 5.74) is 4.95. The number of aliphatic hydroxyl groups excluding tert-OH is 1. The summed E-state index contributed by atoms with van der Waals surface area (Å²) in [6.07, 6.45) is -0.804. The van der Waals surface area contributed by atoms with Crippen LogP contribution in [0, 0.1) is 10.1 Å². The van der Waals surface area contributed by atoms with E-state index in [1.165, 1.54) is 25.1 Å². The zero-order valence-electron chi connectivity index (χ0n) is 10.2. The van der Waals surface area contributed by atoms with E-state index in [9.17, 15) is 20.0 Å². The Bertz CT molecular complexity index is 493. The van der Waals surface area contributed by atoms with Gasteiger partial charge in [-0.1, -0.05) is 17.7 Å². The molecule has 1 aromatic rings. The molecule has 4 N–H and O–H groups in total. The van der Waals surface area contributed by atoms with E-state index in [0.29, 0.717) is 0 Å². The summed E-state index contributed by atoms with van der Waals surface area (Å²) in [4.78, 5) is 22.0. The van der Waals surface area contributed by atoms with E-state index in [1.807, 2.05) is 0 Å². The van der Waals surface area contributed by atoms with E-state index in [1.54, 1.807) is 0 Å². The summed E-state index contributed by atoms with van der Waals surface area (Å²) in [5.74, 6) is -0.701. The maximum absolute atomic E-state index is 11.9. The largest absolute Gasteiger partial charge is 0.392 e. The predicted octanol–water partition coefficient (Wildman–Crippen LogP) is 0.686. The molecule has 2 unspecified atom stereocenters. The van der Waals surface area contributed by atoms with Gasteiger partial charge in [-0.05, 0) is 13.0 Å². The van der Waals surface area contributed by atoms with Gasteiger partial charge >= 0.3 is 0 Å². The molecule has 0 aliphatic heterocycles. The molecule has 0 saturated carbocycles. The molecule has 0 fully saturated rings. The zero-order valence-corrected chi connectivity index (χ0v) is 10.9. The third-order valence-electron chi connectivity index (χ3n) is 2.53. The number of nitrogens with zero attached hydrogens (tertiary/aromatic N) is 1. The Labute approximate surface area is 114 Å². The van der Waals surface area contributed by atoms with Crippen molar-refractivity contribution >= 4 is 23.2 Å². The number of nitrogens with two attached hydrogens (primary N) is 1. The molecule has 104 valence electrons. The molecule has 7 nitrogen and oxygen atoms in total. The number of rotatable bonds is 5. The number of nitrogens with one attached hydrogen (secondary N) is 1. The highest BCUT2D eigenvalue weighted by molar-refractivity contribution is 6.34. The molecule has 0 aliphatic carbocycles. The van der Waals surface area contributed by atoms with Gasteiger partial charge in [0.15, 0.2) is 0 Å². The second-order valence-corrected chi connectivity index (χ2v) is 4.41. The van der Waals surface area contributed by atoms with Gasteiger partial charge in [0, 0.05) is 18.7 Å². The first kappa shape index (κ1) is 15.4. The molecule has 1 aromatic carbocycles. The lowest BCUT2D eigenvalue weighted by molar-refractivity contribution is -0.385. The fourth-order valence-corrected chi connectivity index (χ4v) is 1.61. The van der Waals surface area contributed by atoms with E-state index in [2.05, 4.69) is 5.32 Å². The number of hydrogen-bond donors (Lipinski definition) is 3. The van der Waals surface area contributed by atoms with Crippen molar-refractivity contribution < 1.29 is 14.8 Å². The Kier molecular flexibility index (Phi) is 5.22. The van der Waals surface area contributed by atoms with Crippen molar-refractivity contribution in [1.29, 1.82) is 0 Å². The minimum atomic E-state index is -0.804. The van der Waals surface area contributed by atoms with Gasteiger partial charge in [0.1, 0.15) is 5.56 Å². The standard InChI is InChI=1S/C11H14ClN3O4/c1-6(16)8(13)5-14-11(17)10-7(12)3-2-4-9(10)15(18)19/h2-4,6,8,16H,5,13H2,1H3,(H,14,17). The van der Waals surface area contributed by atoms with E-state index in [4.69, 9.17) is 17.3 Å². The van der Waals surface area contributed by atoms with Crippen LogP contribution in [0.4, 0.5) is 5.69 Å². The predicted molar refractivity (Wildman–Crippen MR) is 70.1 cm³/mol. The summed E-state index contributed by atoms with van der Waals surface area (Å²) in [6.45, 7) is 1.47. The zero-order chi connectivity index (χ0) is 14.6. The van der Waals surface area contributed by atoms with Crippen LogP contribution in [0.25, 0.3) is 0 Å². The number of carbonyl (C=O) groups excluding carboxylic acids is 1. The number of benzene rings is 1. The van der Waals surface area contributed by atoms with Crippen molar-refractivity contribution in [2.45, 2.75) is 19.1 Å². The molecule has 1 amide bonds. The van der Waals surface area contributed by atoms with Crippen LogP contribution in [0.2, 0.25) is 5.02 Å². The molecule has 0 heterocycles. The smallest absolute Gasteiger partial charge is 0.283 e. The molecule has 0 bridgehead atoms. The summed E-state index contributed by atoms with van der Waals surface area (Å²) in [6, 6.07) is 3.30. The lowest BCUT2D eigenvalue weighted by atomic mass is 10.1. The maximum Gasteiger partial charge on any atom is 0.283 e. The van der Waals surface area contributed by atoms with Crippen LogP contribution in [-0.2, 0) is 0 Å². The lowest BCUT2D eigenvalue weighted by Gasteiger charge is -2.15. The van der Waals surface area contributed by atoms with Gasteiger partial charge in [-0.2, -0.15) is 0 Å². The third kappa shape index (κ3) is 3.88. The summed E-state index contributed by atoms with van der Waals surface area (Å²) in [5, 5.41) is 22.4. The highest BCUT2D eigenvalue weighted by atomic mass is 35.5. The molecular weight excluding hydrogens is 274 g/mol. The van der Waals surface area contributed by atoms with Gasteiger partial charge < -0.3 is 16.2 Å². The number of aliphatic hydroxyl groups is 1. The van der Waals surface area contributed by atoms with E-state index >= 15 is 0 Å². The molecule has 2 atom stereocenters. The number of halogens is 1. The summed E-state index contributed by atoms with van der Waals surface area (Å²) in [7, 11) is 0. The van der Waals surface area contributed by atoms with Gasteiger partial charge in [0.25, 0.3) is 11.6 Å². The third-order valence-corrected chi connectivity index (χ3v) is 2.85. The fraction of sp³-hybridized carbons (Fsp3) is 0.364. The van der Waals surface area contributed by atoms with Crippen LogP contribution in [0.15, 0.2) is 18.2 Å². The second-order valence-electron chi connectivity index (χ2n) is 4.01. The molecular formula is C11H14ClN3O4. The molecule has 1 rings (SSSR count). The van der Waals surface area contributed by atoms with E-state index in [0.717, 1.165) is 0 Å². The Morgan fingerprint density at radius 1 is 1.63 bits per heavy atom. The minimum Gasteiger partial charge on any atom is -0.392 e. The fourth-order valence-electron chi connectivity index (χ4n) is 1.36. The van der Waals surface area contributed by atoms with Crippen molar-refractivity contribution in [3.05, 3.63) is 38.9 Å². The molecule has 0 spiro atoms. The van der Waals surface area contributed by atoms with Crippen LogP contribution >= 0.6 is 11.6 Å². The first-order valence-corrected chi connectivity index (χ1v) is 5.87. The Hall–Kier alpha value is -1.70. The van der Waals surface area contributed by atoms with E-state index in [-0.39, 0.29) is 22.8 Å². The van der Waals surface area contributed by atoms with E-state index < -0.39 is 23.0 Å². The van der Waals surface area contributed by atoms with Gasteiger partial charge in [-0.15, -0.1) is 0 Å². The van der Waals surface area contributed by atoms with Gasteiger partial charge in [-0.25, -0.2) is 0 Å². The quantitative estimate of drug-likeness (QED) is 0.544. The molecule has 0 saturated heterocycles. The van der Waals surface area contributed by atoms with Crippen molar-refractivity contribution in [2.24, 2.45) is 5.73 Å². The number of nitro groups is 1. The highest BCUT2D eigenvalue weighted by Crippen LogP contribution is 2.25. The molecule has 0 aromatic heterocycles. The Morgan fingerprint density at radius 3 is 2.79 bits per heavy atom. The monoisotopic (exact) mass is 287 g/mol. The average Bonchev–Trinajstić information content (AvgIpc) is 2.34. The first-order valence-electron chi connectivity index (χ1n) is 5.49. The average molecular weight is 288 g/mol. The Morgan fingerprint density at radius 2 is 2.26 bits per heavy atom. The van der Waals surface area contributed by atoms with Crippen LogP contribution in [0.3, 0.4) is 0 Å². The van der Waals surface area contributed by atoms with Crippen molar-refractivity contribution in [2.75, 3.05) is 6.54 Å². The van der Waals surface area contributed by atoms with Crippen molar-refractivity contribution in [3.8, 4) is 0 Å². The molecule has 0 aliphatic rings. The lowest BCUT2D eigenvalue weighted by Crippen LogP contribution is -2.43. The number of carbonyl (C=O) groups is 1. The number of nitro benzene ring substituents is 1. The second kappa shape index (κ2) is 6.46. The normalized spacial score (nSPS) is 13.7. The number of amides is 1. The summed E-state index contributed by atoms with van der Waals surface area (Å²) < 4.78 is 0. The first-order chi connectivity index (χ1) is 8.84. The molecule has 8 heteroatoms. The highest BCUT2D eigenvalue weighted by Gasteiger charge is 2.23. The molecule has 19 heavy (non-hydrogen) atoms. The van der Waals surface area contributed by atoms with Crippen LogP contribution in [0.5, 0.6) is 0 Å². The van der Waals surface area contributed by atoms with Gasteiger partial charge in [-0.3, -0.25) is 14.9 Å². The summed E-state index contributed by atoms with van der Waals surface area (Å²) >= 11 is 5.80. The van der Waals surface area contributed by atoms with Crippen LogP contribution in [0.1, 0.15) is 17.3 Å². The van der Waals surface area contributed by atoms with Crippen LogP contribution in [-0.4, -0.2) is 34.6 Å². The SMILES string of the molecule is CC(O)C(N)CNC(=O)c1c(Cl)cccc1[N+](=O)[O-]. The van der Waals surface area contributed by atoms with Crippen molar-refractivity contribution in [3.63, 3.8) is 0 Å². The van der Waals surface area contributed by atoms with Crippen LogP contribution < -0.4 is 11.1 Å².